The molecule has 14 heavy (non-hydrogen) atoms. The number of rotatable bonds is 4. The predicted octanol–water partition coefficient (Wildman–Crippen LogP) is 1.47. The number of likely N-dealkylation sites (tertiary alicyclic amines) is 1. The minimum absolute atomic E-state index is 0.267. The van der Waals surface area contributed by atoms with Crippen molar-refractivity contribution in [2.45, 2.75) is 51.2 Å². The van der Waals surface area contributed by atoms with Gasteiger partial charge in [0.2, 0.25) is 0 Å². The van der Waals surface area contributed by atoms with Crippen LogP contribution in [0.5, 0.6) is 0 Å². The zero-order chi connectivity index (χ0) is 10.6. The van der Waals surface area contributed by atoms with Crippen LogP contribution in [-0.4, -0.2) is 36.6 Å². The fourth-order valence-corrected chi connectivity index (χ4v) is 2.10. The molecule has 1 aliphatic rings. The van der Waals surface area contributed by atoms with Crippen LogP contribution >= 0.6 is 0 Å². The molecule has 3 atom stereocenters. The molecule has 0 radical (unpaired) electrons. The number of likely N-dealkylation sites (N-methyl/N-ethyl adjacent to an activating group) is 1. The molecule has 0 aromatic heterocycles. The first-order valence-electron chi connectivity index (χ1n) is 5.59. The second kappa shape index (κ2) is 5.38. The monoisotopic (exact) mass is 194 g/mol. The average molecular weight is 194 g/mol. The predicted molar refractivity (Wildman–Crippen MR) is 61.2 cm³/mol. The lowest BCUT2D eigenvalue weighted by molar-refractivity contribution is 0.325. The van der Waals surface area contributed by atoms with Gasteiger partial charge in [-0.05, 0) is 26.8 Å². The fourth-order valence-electron chi connectivity index (χ4n) is 2.10. The highest BCUT2D eigenvalue weighted by atomic mass is 15.2. The van der Waals surface area contributed by atoms with E-state index in [1.165, 1.54) is 6.42 Å². The van der Waals surface area contributed by atoms with Gasteiger partial charge in [0.05, 0.1) is 6.04 Å². The van der Waals surface area contributed by atoms with Crippen molar-refractivity contribution in [1.82, 2.24) is 10.2 Å². The number of nitrogens with zero attached hydrogens (tertiary/aromatic N) is 1. The SMILES string of the molecule is C#CC(CCC)NC1CC(C)N(C)C1. The molecule has 1 N–H and O–H groups in total. The Morgan fingerprint density at radius 3 is 2.79 bits per heavy atom. The van der Waals surface area contributed by atoms with Crippen molar-refractivity contribution < 1.29 is 0 Å². The minimum Gasteiger partial charge on any atom is -0.302 e. The van der Waals surface area contributed by atoms with Crippen molar-refractivity contribution in [3.8, 4) is 12.3 Å². The second-order valence-corrected chi connectivity index (χ2v) is 4.40. The van der Waals surface area contributed by atoms with Gasteiger partial charge in [0.25, 0.3) is 0 Å². The molecule has 2 nitrogen and oxygen atoms in total. The van der Waals surface area contributed by atoms with Crippen molar-refractivity contribution in [2.24, 2.45) is 0 Å². The molecule has 0 aromatic carbocycles. The van der Waals surface area contributed by atoms with Gasteiger partial charge in [-0.3, -0.25) is 5.32 Å². The minimum atomic E-state index is 0.267. The summed E-state index contributed by atoms with van der Waals surface area (Å²) in [6, 6.07) is 1.54. The van der Waals surface area contributed by atoms with Crippen LogP contribution in [0.2, 0.25) is 0 Å². The Morgan fingerprint density at radius 1 is 1.64 bits per heavy atom. The lowest BCUT2D eigenvalue weighted by atomic mass is 10.1. The standard InChI is InChI=1S/C12H22N2/c1-5-7-11(6-2)13-12-8-10(3)14(4)9-12/h2,10-13H,5,7-9H2,1,3-4H3. The summed E-state index contributed by atoms with van der Waals surface area (Å²) in [7, 11) is 2.18. The first kappa shape index (κ1) is 11.6. The van der Waals surface area contributed by atoms with E-state index in [-0.39, 0.29) is 6.04 Å². The molecule has 0 bridgehead atoms. The first-order valence-corrected chi connectivity index (χ1v) is 5.59. The van der Waals surface area contributed by atoms with Crippen molar-refractivity contribution in [3.05, 3.63) is 0 Å². The van der Waals surface area contributed by atoms with Crippen LogP contribution in [0.1, 0.15) is 33.1 Å². The highest BCUT2D eigenvalue weighted by Crippen LogP contribution is 2.15. The quantitative estimate of drug-likeness (QED) is 0.682. The van der Waals surface area contributed by atoms with E-state index < -0.39 is 0 Å². The molecule has 0 aliphatic carbocycles. The molecule has 0 spiro atoms. The summed E-state index contributed by atoms with van der Waals surface area (Å²) >= 11 is 0. The summed E-state index contributed by atoms with van der Waals surface area (Å²) in [6.45, 7) is 5.57. The van der Waals surface area contributed by atoms with Crippen LogP contribution in [0.4, 0.5) is 0 Å². The zero-order valence-electron chi connectivity index (χ0n) is 9.59. The van der Waals surface area contributed by atoms with E-state index in [1.807, 2.05) is 0 Å². The van der Waals surface area contributed by atoms with E-state index in [9.17, 15) is 0 Å². The van der Waals surface area contributed by atoms with Crippen LogP contribution in [0.3, 0.4) is 0 Å². The molecule has 1 rings (SSSR count). The molecule has 1 fully saturated rings. The van der Waals surface area contributed by atoms with Gasteiger partial charge in [0.1, 0.15) is 0 Å². The van der Waals surface area contributed by atoms with Crippen LogP contribution < -0.4 is 5.32 Å². The molecule has 3 unspecified atom stereocenters. The Labute approximate surface area is 88.1 Å². The number of nitrogens with one attached hydrogen (secondary N) is 1. The third-order valence-electron chi connectivity index (χ3n) is 3.10. The largest absolute Gasteiger partial charge is 0.302 e. The average Bonchev–Trinajstić information content (AvgIpc) is 2.45. The molecule has 1 saturated heterocycles. The molecule has 0 saturated carbocycles. The Kier molecular flexibility index (Phi) is 4.44. The van der Waals surface area contributed by atoms with Crippen molar-refractivity contribution in [3.63, 3.8) is 0 Å². The fraction of sp³-hybridized carbons (Fsp3) is 0.833. The summed E-state index contributed by atoms with van der Waals surface area (Å²) in [4.78, 5) is 2.39. The molecule has 0 aromatic rings. The molecule has 1 heterocycles. The van der Waals surface area contributed by atoms with E-state index in [1.54, 1.807) is 0 Å². The summed E-state index contributed by atoms with van der Waals surface area (Å²) < 4.78 is 0. The van der Waals surface area contributed by atoms with Gasteiger partial charge >= 0.3 is 0 Å². The van der Waals surface area contributed by atoms with E-state index in [0.717, 1.165) is 19.4 Å². The van der Waals surface area contributed by atoms with Gasteiger partial charge in [0.15, 0.2) is 0 Å². The Hall–Kier alpha value is -0.520. The van der Waals surface area contributed by atoms with Crippen molar-refractivity contribution in [2.75, 3.05) is 13.6 Å². The highest BCUT2D eigenvalue weighted by Gasteiger charge is 2.26. The molecule has 80 valence electrons. The van der Waals surface area contributed by atoms with Crippen molar-refractivity contribution >= 4 is 0 Å². The number of hydrogen-bond donors (Lipinski definition) is 1. The van der Waals surface area contributed by atoms with Crippen LogP contribution in [0.15, 0.2) is 0 Å². The topological polar surface area (TPSA) is 15.3 Å². The van der Waals surface area contributed by atoms with Gasteiger partial charge in [-0.25, -0.2) is 0 Å². The van der Waals surface area contributed by atoms with Gasteiger partial charge < -0.3 is 4.90 Å². The van der Waals surface area contributed by atoms with Gasteiger partial charge in [-0.15, -0.1) is 6.42 Å². The summed E-state index contributed by atoms with van der Waals surface area (Å²) in [5, 5.41) is 3.55. The third kappa shape index (κ3) is 3.01. The smallest absolute Gasteiger partial charge is 0.0689 e. The maximum absolute atomic E-state index is 5.48. The Morgan fingerprint density at radius 2 is 2.36 bits per heavy atom. The molecule has 2 heteroatoms. The molecular formula is C12H22N2. The lowest BCUT2D eigenvalue weighted by Gasteiger charge is -2.17. The first-order chi connectivity index (χ1) is 6.67. The summed E-state index contributed by atoms with van der Waals surface area (Å²) in [5.74, 6) is 2.83. The molecule has 1 aliphatic heterocycles. The maximum atomic E-state index is 5.48. The number of hydrogen-bond acceptors (Lipinski definition) is 2. The highest BCUT2D eigenvalue weighted by molar-refractivity contribution is 5.01. The number of terminal acetylenes is 1. The van der Waals surface area contributed by atoms with Crippen LogP contribution in [0.25, 0.3) is 0 Å². The van der Waals surface area contributed by atoms with E-state index >= 15 is 0 Å². The van der Waals surface area contributed by atoms with E-state index in [0.29, 0.717) is 12.1 Å². The third-order valence-corrected chi connectivity index (χ3v) is 3.10. The van der Waals surface area contributed by atoms with Crippen molar-refractivity contribution in [1.29, 1.82) is 0 Å². The van der Waals surface area contributed by atoms with Crippen LogP contribution in [0, 0.1) is 12.3 Å². The van der Waals surface area contributed by atoms with Crippen LogP contribution in [-0.2, 0) is 0 Å². The lowest BCUT2D eigenvalue weighted by Crippen LogP contribution is -2.38. The maximum Gasteiger partial charge on any atom is 0.0689 e. The Bertz CT molecular complexity index is 197. The van der Waals surface area contributed by atoms with E-state index in [4.69, 9.17) is 6.42 Å². The molecular weight excluding hydrogens is 172 g/mol. The Balaban J connectivity index is 2.34. The summed E-state index contributed by atoms with van der Waals surface area (Å²) in [6.07, 6.45) is 8.94. The van der Waals surface area contributed by atoms with Gasteiger partial charge in [-0.1, -0.05) is 19.3 Å². The zero-order valence-corrected chi connectivity index (χ0v) is 9.59. The molecule has 0 amide bonds. The normalized spacial score (nSPS) is 30.1. The van der Waals surface area contributed by atoms with Gasteiger partial charge in [0, 0.05) is 18.6 Å². The van der Waals surface area contributed by atoms with E-state index in [2.05, 4.69) is 37.0 Å². The second-order valence-electron chi connectivity index (χ2n) is 4.40. The van der Waals surface area contributed by atoms with Gasteiger partial charge in [-0.2, -0.15) is 0 Å². The summed E-state index contributed by atoms with van der Waals surface area (Å²) in [5.41, 5.74) is 0.